The van der Waals surface area contributed by atoms with Crippen LogP contribution in [0.1, 0.15) is 111 Å². The molecule has 0 aromatic carbocycles. The first kappa shape index (κ1) is 26.0. The molecule has 4 saturated carbocycles. The second-order valence-corrected chi connectivity index (χ2v) is 13.5. The Balaban J connectivity index is 1.46. The monoisotopic (exact) mass is 475 g/mol. The van der Waals surface area contributed by atoms with E-state index in [2.05, 4.69) is 33.0 Å². The SMILES string of the molecule is C[C@H](CCC(=O)NCC(=O)O)[C@H]1CC[C@@H]2[C@]1(C)CC[C@@H]1[C@@H]3CCCC[C@@H](O)C[C@@]3(C)CC[C@@]21C. The summed E-state index contributed by atoms with van der Waals surface area (Å²) in [5.74, 6) is 2.30. The molecule has 0 aromatic heterocycles. The minimum absolute atomic E-state index is 0.115. The highest BCUT2D eigenvalue weighted by molar-refractivity contribution is 5.81. The number of carboxylic acid groups (broad SMARTS) is 1. The Hall–Kier alpha value is -1.10. The highest BCUT2D eigenvalue weighted by atomic mass is 16.4. The summed E-state index contributed by atoms with van der Waals surface area (Å²) in [6.07, 6.45) is 14.7. The van der Waals surface area contributed by atoms with E-state index in [9.17, 15) is 14.7 Å². The lowest BCUT2D eigenvalue weighted by Crippen LogP contribution is -2.57. The first-order chi connectivity index (χ1) is 16.0. The van der Waals surface area contributed by atoms with Crippen molar-refractivity contribution < 1.29 is 19.8 Å². The lowest BCUT2D eigenvalue weighted by atomic mass is 9.41. The summed E-state index contributed by atoms with van der Waals surface area (Å²) in [5, 5.41) is 22.0. The topological polar surface area (TPSA) is 86.6 Å². The van der Waals surface area contributed by atoms with E-state index in [4.69, 9.17) is 5.11 Å². The Kier molecular flexibility index (Phi) is 7.45. The molecule has 4 rings (SSSR count). The zero-order valence-electron chi connectivity index (χ0n) is 22.1. The number of hydrogen-bond donors (Lipinski definition) is 3. The van der Waals surface area contributed by atoms with Crippen LogP contribution in [0.4, 0.5) is 0 Å². The number of nitrogens with one attached hydrogen (secondary N) is 1. The van der Waals surface area contributed by atoms with Gasteiger partial charge in [-0.3, -0.25) is 9.59 Å². The average molecular weight is 476 g/mol. The number of carbonyl (C=O) groups excluding carboxylic acids is 1. The van der Waals surface area contributed by atoms with Gasteiger partial charge in [-0.15, -0.1) is 0 Å². The van der Waals surface area contributed by atoms with Gasteiger partial charge in [0, 0.05) is 6.42 Å². The summed E-state index contributed by atoms with van der Waals surface area (Å²) in [5.41, 5.74) is 1.04. The molecule has 3 N–H and O–H groups in total. The van der Waals surface area contributed by atoms with Crippen molar-refractivity contribution >= 4 is 11.9 Å². The van der Waals surface area contributed by atoms with Crippen molar-refractivity contribution in [3.63, 3.8) is 0 Å². The number of aliphatic hydroxyl groups is 1. The van der Waals surface area contributed by atoms with Crippen LogP contribution in [0.2, 0.25) is 0 Å². The highest BCUT2D eigenvalue weighted by Crippen LogP contribution is 2.71. The number of fused-ring (bicyclic) bond motifs is 5. The third kappa shape index (κ3) is 4.67. The number of amides is 1. The van der Waals surface area contributed by atoms with Crippen molar-refractivity contribution in [2.45, 2.75) is 117 Å². The fourth-order valence-corrected chi connectivity index (χ4v) is 9.95. The van der Waals surface area contributed by atoms with Crippen LogP contribution in [0.15, 0.2) is 0 Å². The molecule has 0 unspecified atom stereocenters. The van der Waals surface area contributed by atoms with E-state index in [-0.39, 0.29) is 18.6 Å². The standard InChI is InChI=1S/C29H49NO4/c1-19(9-12-25(32)30-18-26(33)34)21-10-11-24-28(21,3)14-13-23-22-8-6-5-7-20(31)17-27(22,2)15-16-29(23,24)4/h19-24,31H,5-18H2,1-4H3,(H,30,32)(H,33,34)/t19-,20-,21-,22+,23-,24-,27-,28-,29-/m1/s1. The lowest BCUT2D eigenvalue weighted by Gasteiger charge is -2.64. The van der Waals surface area contributed by atoms with Crippen LogP contribution in [0.3, 0.4) is 0 Å². The van der Waals surface area contributed by atoms with Crippen molar-refractivity contribution in [3.05, 3.63) is 0 Å². The van der Waals surface area contributed by atoms with Crippen LogP contribution in [0, 0.1) is 45.8 Å². The van der Waals surface area contributed by atoms with Gasteiger partial charge in [-0.2, -0.15) is 0 Å². The van der Waals surface area contributed by atoms with Gasteiger partial charge in [-0.1, -0.05) is 40.5 Å². The maximum Gasteiger partial charge on any atom is 0.322 e. The molecule has 194 valence electrons. The second-order valence-electron chi connectivity index (χ2n) is 13.5. The van der Waals surface area contributed by atoms with Crippen molar-refractivity contribution in [1.82, 2.24) is 5.32 Å². The molecule has 1 amide bonds. The number of hydrogen-bond acceptors (Lipinski definition) is 3. The third-order valence-corrected chi connectivity index (χ3v) is 11.6. The van der Waals surface area contributed by atoms with E-state index in [1.807, 2.05) is 0 Å². The van der Waals surface area contributed by atoms with Crippen LogP contribution in [-0.2, 0) is 9.59 Å². The molecule has 5 nitrogen and oxygen atoms in total. The van der Waals surface area contributed by atoms with Gasteiger partial charge in [-0.05, 0) is 110 Å². The van der Waals surface area contributed by atoms with Crippen LogP contribution in [0.5, 0.6) is 0 Å². The number of rotatable bonds is 6. The zero-order chi connectivity index (χ0) is 24.7. The molecule has 0 spiro atoms. The van der Waals surface area contributed by atoms with Crippen LogP contribution in [0.25, 0.3) is 0 Å². The molecular formula is C29H49NO4. The van der Waals surface area contributed by atoms with Crippen LogP contribution >= 0.6 is 0 Å². The van der Waals surface area contributed by atoms with E-state index in [0.29, 0.717) is 34.5 Å². The minimum Gasteiger partial charge on any atom is -0.480 e. The van der Waals surface area contributed by atoms with Gasteiger partial charge >= 0.3 is 5.97 Å². The molecule has 4 fully saturated rings. The van der Waals surface area contributed by atoms with Crippen molar-refractivity contribution in [3.8, 4) is 0 Å². The number of carboxylic acids is 1. The van der Waals surface area contributed by atoms with E-state index in [0.717, 1.165) is 37.0 Å². The van der Waals surface area contributed by atoms with Crippen molar-refractivity contribution in [2.75, 3.05) is 6.54 Å². The largest absolute Gasteiger partial charge is 0.480 e. The molecule has 34 heavy (non-hydrogen) atoms. The van der Waals surface area contributed by atoms with Gasteiger partial charge < -0.3 is 15.5 Å². The molecule has 0 heterocycles. The summed E-state index contributed by atoms with van der Waals surface area (Å²) in [6.45, 7) is 9.72. The zero-order valence-corrected chi connectivity index (χ0v) is 22.1. The normalized spacial score (nSPS) is 45.1. The first-order valence-corrected chi connectivity index (χ1v) is 14.2. The third-order valence-electron chi connectivity index (χ3n) is 11.6. The summed E-state index contributed by atoms with van der Waals surface area (Å²) >= 11 is 0. The van der Waals surface area contributed by atoms with E-state index in [1.54, 1.807) is 0 Å². The van der Waals surface area contributed by atoms with Crippen molar-refractivity contribution in [1.29, 1.82) is 0 Å². The molecule has 0 aliphatic heterocycles. The Morgan fingerprint density at radius 1 is 0.941 bits per heavy atom. The smallest absolute Gasteiger partial charge is 0.322 e. The Bertz CT molecular complexity index is 769. The molecule has 0 aromatic rings. The molecular weight excluding hydrogens is 426 g/mol. The quantitative estimate of drug-likeness (QED) is 0.453. The number of carbonyl (C=O) groups is 2. The Morgan fingerprint density at radius 3 is 2.41 bits per heavy atom. The Labute approximate surface area is 206 Å². The summed E-state index contributed by atoms with van der Waals surface area (Å²) in [6, 6.07) is 0. The summed E-state index contributed by atoms with van der Waals surface area (Å²) < 4.78 is 0. The van der Waals surface area contributed by atoms with Gasteiger partial charge in [0.15, 0.2) is 0 Å². The molecule has 9 atom stereocenters. The van der Waals surface area contributed by atoms with Gasteiger partial charge in [0.1, 0.15) is 6.54 Å². The molecule has 5 heteroatoms. The summed E-state index contributed by atoms with van der Waals surface area (Å²) in [4.78, 5) is 22.8. The maximum absolute atomic E-state index is 12.1. The van der Waals surface area contributed by atoms with E-state index < -0.39 is 5.97 Å². The average Bonchev–Trinajstić information content (AvgIpc) is 3.12. The predicted molar refractivity (Wildman–Crippen MR) is 134 cm³/mol. The molecule has 4 aliphatic rings. The van der Waals surface area contributed by atoms with Gasteiger partial charge in [-0.25, -0.2) is 0 Å². The summed E-state index contributed by atoms with van der Waals surface area (Å²) in [7, 11) is 0. The predicted octanol–water partition coefficient (Wildman–Crippen LogP) is 5.79. The van der Waals surface area contributed by atoms with Crippen LogP contribution < -0.4 is 5.32 Å². The fraction of sp³-hybridized carbons (Fsp3) is 0.931. The first-order valence-electron chi connectivity index (χ1n) is 14.2. The highest BCUT2D eigenvalue weighted by Gasteiger charge is 2.63. The Morgan fingerprint density at radius 2 is 1.68 bits per heavy atom. The number of aliphatic hydroxyl groups excluding tert-OH is 1. The second kappa shape index (κ2) is 9.75. The van der Waals surface area contributed by atoms with Gasteiger partial charge in [0.25, 0.3) is 0 Å². The molecule has 0 bridgehead atoms. The minimum atomic E-state index is -0.986. The van der Waals surface area contributed by atoms with E-state index >= 15 is 0 Å². The molecule has 0 radical (unpaired) electrons. The fourth-order valence-electron chi connectivity index (χ4n) is 9.95. The van der Waals surface area contributed by atoms with Crippen molar-refractivity contribution in [2.24, 2.45) is 45.8 Å². The molecule has 0 saturated heterocycles. The van der Waals surface area contributed by atoms with Gasteiger partial charge in [0.2, 0.25) is 5.91 Å². The van der Waals surface area contributed by atoms with E-state index in [1.165, 1.54) is 57.8 Å². The van der Waals surface area contributed by atoms with Crippen LogP contribution in [-0.4, -0.2) is 34.7 Å². The van der Waals surface area contributed by atoms with Gasteiger partial charge in [0.05, 0.1) is 6.10 Å². The molecule has 4 aliphatic carbocycles. The maximum atomic E-state index is 12.1. The number of aliphatic carboxylic acids is 1. The lowest BCUT2D eigenvalue weighted by molar-refractivity contribution is -0.154.